The molecule has 2 N–H and O–H groups in total. The van der Waals surface area contributed by atoms with Crippen molar-refractivity contribution in [3.63, 3.8) is 0 Å². The Morgan fingerprint density at radius 1 is 1.59 bits per heavy atom. The Morgan fingerprint density at radius 3 is 3.00 bits per heavy atom. The summed E-state index contributed by atoms with van der Waals surface area (Å²) in [6.07, 6.45) is 0. The van der Waals surface area contributed by atoms with Crippen LogP contribution in [0.4, 0.5) is 5.69 Å². The summed E-state index contributed by atoms with van der Waals surface area (Å²) < 4.78 is 0.963. The van der Waals surface area contributed by atoms with Crippen LogP contribution in [0.15, 0.2) is 28.7 Å². The van der Waals surface area contributed by atoms with E-state index in [-0.39, 0.29) is 18.6 Å². The highest BCUT2D eigenvalue weighted by Gasteiger charge is 2.32. The molecule has 1 fully saturated rings. The first-order chi connectivity index (χ1) is 8.11. The van der Waals surface area contributed by atoms with Crippen molar-refractivity contribution in [1.82, 2.24) is 5.32 Å². The molecule has 4 nitrogen and oxygen atoms in total. The first-order valence-electron chi connectivity index (χ1n) is 5.55. The summed E-state index contributed by atoms with van der Waals surface area (Å²) in [4.78, 5) is 13.7. The minimum absolute atomic E-state index is 0.0873. The Hall–Kier alpha value is -1.07. The minimum atomic E-state index is -0.500. The van der Waals surface area contributed by atoms with E-state index in [4.69, 9.17) is 0 Å². The molecule has 1 amide bonds. The molecule has 0 bridgehead atoms. The van der Waals surface area contributed by atoms with Gasteiger partial charge in [-0.1, -0.05) is 22.0 Å². The third kappa shape index (κ3) is 2.61. The fourth-order valence-electron chi connectivity index (χ4n) is 2.07. The average Bonchev–Trinajstić information content (AvgIpc) is 2.28. The molecule has 0 radical (unpaired) electrons. The maximum Gasteiger partial charge on any atom is 0.245 e. The van der Waals surface area contributed by atoms with Crippen LogP contribution in [0.25, 0.3) is 0 Å². The zero-order valence-corrected chi connectivity index (χ0v) is 11.1. The Balaban J connectivity index is 2.30. The molecule has 2 unspecified atom stereocenters. The molecule has 0 spiro atoms. The molecule has 1 saturated heterocycles. The number of carbonyl (C=O) groups is 1. The molecule has 0 saturated carbocycles. The molecule has 1 aliphatic rings. The lowest BCUT2D eigenvalue weighted by atomic mass is 10.1. The van der Waals surface area contributed by atoms with Crippen LogP contribution in [0.1, 0.15) is 6.92 Å². The van der Waals surface area contributed by atoms with Crippen LogP contribution >= 0.6 is 15.9 Å². The highest BCUT2D eigenvalue weighted by molar-refractivity contribution is 9.10. The van der Waals surface area contributed by atoms with Gasteiger partial charge in [0.05, 0.1) is 6.61 Å². The summed E-state index contributed by atoms with van der Waals surface area (Å²) in [6.45, 7) is 2.48. The van der Waals surface area contributed by atoms with Gasteiger partial charge < -0.3 is 15.3 Å². The minimum Gasteiger partial charge on any atom is -0.394 e. The number of hydrogen-bond donors (Lipinski definition) is 2. The number of benzene rings is 1. The van der Waals surface area contributed by atoms with E-state index in [1.54, 1.807) is 0 Å². The Bertz CT molecular complexity index is 425. The SMILES string of the molecule is CC1CN(c2cccc(Br)c2)C(CO)C(=O)N1. The number of halogens is 1. The number of aliphatic hydroxyl groups is 1. The molecule has 17 heavy (non-hydrogen) atoms. The van der Waals surface area contributed by atoms with Crippen molar-refractivity contribution in [2.45, 2.75) is 19.0 Å². The highest BCUT2D eigenvalue weighted by Crippen LogP contribution is 2.23. The molecule has 5 heteroatoms. The lowest BCUT2D eigenvalue weighted by molar-refractivity contribution is -0.125. The van der Waals surface area contributed by atoms with Crippen molar-refractivity contribution in [3.8, 4) is 0 Å². The number of rotatable bonds is 2. The van der Waals surface area contributed by atoms with E-state index >= 15 is 0 Å². The van der Waals surface area contributed by atoms with E-state index in [0.29, 0.717) is 6.54 Å². The van der Waals surface area contributed by atoms with Crippen molar-refractivity contribution < 1.29 is 9.90 Å². The summed E-state index contributed by atoms with van der Waals surface area (Å²) in [6, 6.07) is 7.34. The molecule has 1 aromatic rings. The number of anilines is 1. The summed E-state index contributed by atoms with van der Waals surface area (Å²) in [5.41, 5.74) is 0.945. The van der Waals surface area contributed by atoms with Gasteiger partial charge in [0.1, 0.15) is 6.04 Å². The summed E-state index contributed by atoms with van der Waals surface area (Å²) in [7, 11) is 0. The lowest BCUT2D eigenvalue weighted by Gasteiger charge is -2.39. The molecule has 2 rings (SSSR count). The fourth-order valence-corrected chi connectivity index (χ4v) is 2.46. The third-order valence-electron chi connectivity index (χ3n) is 2.85. The number of aliphatic hydroxyl groups excluding tert-OH is 1. The van der Waals surface area contributed by atoms with Gasteiger partial charge in [0, 0.05) is 22.7 Å². The van der Waals surface area contributed by atoms with Gasteiger partial charge in [-0.3, -0.25) is 4.79 Å². The van der Waals surface area contributed by atoms with Gasteiger partial charge in [-0.15, -0.1) is 0 Å². The third-order valence-corrected chi connectivity index (χ3v) is 3.34. The van der Waals surface area contributed by atoms with Gasteiger partial charge in [0.15, 0.2) is 0 Å². The highest BCUT2D eigenvalue weighted by atomic mass is 79.9. The quantitative estimate of drug-likeness (QED) is 0.861. The second-order valence-electron chi connectivity index (χ2n) is 4.24. The van der Waals surface area contributed by atoms with Crippen molar-refractivity contribution in [2.24, 2.45) is 0 Å². The van der Waals surface area contributed by atoms with Gasteiger partial charge in [-0.2, -0.15) is 0 Å². The molecule has 0 aliphatic carbocycles. The van der Waals surface area contributed by atoms with Crippen LogP contribution < -0.4 is 10.2 Å². The number of piperazine rings is 1. The Labute approximate surface area is 109 Å². The molecular weight excluding hydrogens is 284 g/mol. The van der Waals surface area contributed by atoms with Gasteiger partial charge in [-0.05, 0) is 25.1 Å². The lowest BCUT2D eigenvalue weighted by Crippen LogP contribution is -2.60. The molecule has 1 heterocycles. The zero-order valence-electron chi connectivity index (χ0n) is 9.56. The van der Waals surface area contributed by atoms with E-state index in [0.717, 1.165) is 10.2 Å². The van der Waals surface area contributed by atoms with E-state index in [1.165, 1.54) is 0 Å². The number of hydrogen-bond acceptors (Lipinski definition) is 3. The smallest absolute Gasteiger partial charge is 0.245 e. The maximum absolute atomic E-state index is 11.8. The van der Waals surface area contributed by atoms with Crippen molar-refractivity contribution in [3.05, 3.63) is 28.7 Å². The van der Waals surface area contributed by atoms with Crippen LogP contribution in [0.5, 0.6) is 0 Å². The second-order valence-corrected chi connectivity index (χ2v) is 5.16. The van der Waals surface area contributed by atoms with E-state index in [1.807, 2.05) is 36.1 Å². The van der Waals surface area contributed by atoms with Crippen LogP contribution in [0.2, 0.25) is 0 Å². The fraction of sp³-hybridized carbons (Fsp3) is 0.417. The van der Waals surface area contributed by atoms with Crippen LogP contribution in [-0.2, 0) is 4.79 Å². The Kier molecular flexibility index (Phi) is 3.69. The largest absolute Gasteiger partial charge is 0.394 e. The van der Waals surface area contributed by atoms with Gasteiger partial charge in [0.25, 0.3) is 0 Å². The summed E-state index contributed by atoms with van der Waals surface area (Å²) >= 11 is 3.41. The average molecular weight is 299 g/mol. The number of amides is 1. The summed E-state index contributed by atoms with van der Waals surface area (Å²) in [5, 5.41) is 12.2. The normalized spacial score (nSPS) is 24.6. The topological polar surface area (TPSA) is 52.6 Å². The Morgan fingerprint density at radius 2 is 2.35 bits per heavy atom. The molecule has 1 aliphatic heterocycles. The molecule has 1 aromatic carbocycles. The monoisotopic (exact) mass is 298 g/mol. The summed E-state index contributed by atoms with van der Waals surface area (Å²) in [5.74, 6) is -0.119. The van der Waals surface area contributed by atoms with Crippen LogP contribution in [0.3, 0.4) is 0 Å². The first-order valence-corrected chi connectivity index (χ1v) is 6.34. The maximum atomic E-state index is 11.8. The number of nitrogens with one attached hydrogen (secondary N) is 1. The molecular formula is C12H15BrN2O2. The van der Waals surface area contributed by atoms with E-state index < -0.39 is 6.04 Å². The van der Waals surface area contributed by atoms with Gasteiger partial charge in [-0.25, -0.2) is 0 Å². The molecule has 0 aromatic heterocycles. The van der Waals surface area contributed by atoms with Gasteiger partial charge in [0.2, 0.25) is 5.91 Å². The number of carbonyl (C=O) groups excluding carboxylic acids is 1. The van der Waals surface area contributed by atoms with Crippen molar-refractivity contribution >= 4 is 27.5 Å². The predicted octanol–water partition coefficient (Wildman–Crippen LogP) is 1.13. The first kappa shape index (κ1) is 12.4. The van der Waals surface area contributed by atoms with Crippen LogP contribution in [-0.4, -0.2) is 36.2 Å². The van der Waals surface area contributed by atoms with Gasteiger partial charge >= 0.3 is 0 Å². The number of nitrogens with zero attached hydrogens (tertiary/aromatic N) is 1. The van der Waals surface area contributed by atoms with E-state index in [9.17, 15) is 9.90 Å². The van der Waals surface area contributed by atoms with Crippen molar-refractivity contribution in [2.75, 3.05) is 18.1 Å². The molecule has 92 valence electrons. The molecule has 2 atom stereocenters. The van der Waals surface area contributed by atoms with E-state index in [2.05, 4.69) is 21.2 Å². The predicted molar refractivity (Wildman–Crippen MR) is 70.0 cm³/mol. The van der Waals surface area contributed by atoms with Crippen molar-refractivity contribution in [1.29, 1.82) is 0 Å². The van der Waals surface area contributed by atoms with Crippen LogP contribution in [0, 0.1) is 0 Å². The second kappa shape index (κ2) is 5.06. The standard InChI is InChI=1S/C12H15BrN2O2/c1-8-6-15(11(7-16)12(17)14-8)10-4-2-3-9(13)5-10/h2-5,8,11,16H,6-7H2,1H3,(H,14,17). The zero-order chi connectivity index (χ0) is 12.4.